The maximum atomic E-state index is 9.34. The van der Waals surface area contributed by atoms with Crippen molar-refractivity contribution in [3.8, 4) is 5.75 Å². The Morgan fingerprint density at radius 3 is 2.70 bits per heavy atom. The maximum absolute atomic E-state index is 9.34. The third-order valence-corrected chi connectivity index (χ3v) is 2.84. The van der Waals surface area contributed by atoms with Crippen LogP contribution in [0.1, 0.15) is 13.8 Å². The monoisotopic (exact) mass is 275 g/mol. The lowest BCUT2D eigenvalue weighted by Gasteiger charge is -2.17. The van der Waals surface area contributed by atoms with Gasteiger partial charge < -0.3 is 15.9 Å². The van der Waals surface area contributed by atoms with Crippen molar-refractivity contribution in [2.24, 2.45) is 10.1 Å². The first-order chi connectivity index (χ1) is 9.43. The maximum Gasteiger partial charge on any atom is 0.169 e. The molecule has 7 nitrogen and oxygen atoms in total. The number of nitrogens with two attached hydrogens (primary N) is 1. The molecule has 0 radical (unpaired) electrons. The molecule has 5 N–H and O–H groups in total. The third kappa shape index (κ3) is 2.48. The second-order valence-electron chi connectivity index (χ2n) is 4.70. The van der Waals surface area contributed by atoms with Crippen molar-refractivity contribution in [3.63, 3.8) is 0 Å². The van der Waals surface area contributed by atoms with Crippen molar-refractivity contribution < 1.29 is 10.2 Å². The summed E-state index contributed by atoms with van der Waals surface area (Å²) in [6.45, 7) is 3.48. The van der Waals surface area contributed by atoms with Gasteiger partial charge in [0.2, 0.25) is 0 Å². The minimum atomic E-state index is -0.303. The predicted molar refractivity (Wildman–Crippen MR) is 78.8 cm³/mol. The Labute approximate surface area is 116 Å². The average Bonchev–Trinajstić information content (AvgIpc) is 2.70. The van der Waals surface area contributed by atoms with E-state index < -0.39 is 0 Å². The molecule has 0 saturated carbocycles. The molecule has 1 aromatic carbocycles. The molecule has 0 unspecified atom stereocenters. The lowest BCUT2D eigenvalue weighted by Crippen LogP contribution is -2.32. The lowest BCUT2D eigenvalue weighted by atomic mass is 10.2. The van der Waals surface area contributed by atoms with Gasteiger partial charge >= 0.3 is 0 Å². The van der Waals surface area contributed by atoms with E-state index in [0.29, 0.717) is 22.8 Å². The van der Waals surface area contributed by atoms with E-state index in [1.807, 2.05) is 13.8 Å². The van der Waals surface area contributed by atoms with Crippen LogP contribution in [-0.2, 0) is 0 Å². The van der Waals surface area contributed by atoms with Gasteiger partial charge in [-0.15, -0.1) is 0 Å². The topological polar surface area (TPSA) is 118 Å². The van der Waals surface area contributed by atoms with Crippen LogP contribution in [0.5, 0.6) is 5.75 Å². The van der Waals surface area contributed by atoms with E-state index >= 15 is 0 Å². The number of aliphatic hydroxyl groups excluding tert-OH is 1. The zero-order chi connectivity index (χ0) is 14.9. The number of nitrogen functional groups attached to an aromatic ring is 1. The number of nitrogens with one attached hydrogen (secondary N) is 1. The summed E-state index contributed by atoms with van der Waals surface area (Å²) >= 11 is 0. The van der Waals surface area contributed by atoms with Gasteiger partial charge in [-0.1, -0.05) is 0 Å². The van der Waals surface area contributed by atoms with Crippen LogP contribution in [0, 0.1) is 5.41 Å². The second kappa shape index (κ2) is 5.30. The summed E-state index contributed by atoms with van der Waals surface area (Å²) in [7, 11) is 0. The fourth-order valence-electron chi connectivity index (χ4n) is 1.83. The van der Waals surface area contributed by atoms with Crippen molar-refractivity contribution in [2.45, 2.75) is 19.9 Å². The number of phenolic OH excluding ortho intramolecular Hbond substituents is 1. The standard InChI is InChI=1S/C13H17N5O2/c1-7(2)18-13(15)12(11(6-19)17-18)16-10-4-3-8(20)5-9(10)14/h3-5,7,15,19-20H,6,14H2,1-2H3. The molecule has 0 fully saturated rings. The number of aliphatic imine (C=N–C) groups is 1. The number of hydrazone groups is 1. The zero-order valence-corrected chi connectivity index (χ0v) is 11.3. The van der Waals surface area contributed by atoms with Gasteiger partial charge in [0.05, 0.1) is 18.0 Å². The Hall–Kier alpha value is -2.41. The SMILES string of the molecule is CC(C)N1N=C(CO)C(=Nc2ccc(O)cc2N)C1=N. The Balaban J connectivity index is 2.43. The highest BCUT2D eigenvalue weighted by molar-refractivity contribution is 6.70. The highest BCUT2D eigenvalue weighted by Gasteiger charge is 2.29. The average molecular weight is 275 g/mol. The largest absolute Gasteiger partial charge is 0.508 e. The smallest absolute Gasteiger partial charge is 0.169 e. The van der Waals surface area contributed by atoms with E-state index in [1.165, 1.54) is 17.1 Å². The van der Waals surface area contributed by atoms with E-state index in [0.717, 1.165) is 0 Å². The van der Waals surface area contributed by atoms with Crippen molar-refractivity contribution in [3.05, 3.63) is 18.2 Å². The van der Waals surface area contributed by atoms with Gasteiger partial charge in [0.1, 0.15) is 17.2 Å². The minimum absolute atomic E-state index is 0.00563. The van der Waals surface area contributed by atoms with E-state index in [9.17, 15) is 10.2 Å². The molecule has 0 aromatic heterocycles. The number of amidine groups is 1. The number of hydrogen-bond acceptors (Lipinski definition) is 6. The summed E-state index contributed by atoms with van der Waals surface area (Å²) in [5.41, 5.74) is 7.12. The van der Waals surface area contributed by atoms with Crippen LogP contribution in [-0.4, -0.2) is 45.1 Å². The molecule has 1 aromatic rings. The summed E-state index contributed by atoms with van der Waals surface area (Å²) in [6, 6.07) is 4.39. The number of aromatic hydroxyl groups is 1. The van der Waals surface area contributed by atoms with E-state index in [1.54, 1.807) is 6.07 Å². The molecule has 0 saturated heterocycles. The number of benzene rings is 1. The number of rotatable bonds is 3. The van der Waals surface area contributed by atoms with Gasteiger partial charge in [0.25, 0.3) is 0 Å². The Morgan fingerprint density at radius 1 is 1.45 bits per heavy atom. The molecule has 106 valence electrons. The van der Waals surface area contributed by atoms with Gasteiger partial charge in [-0.05, 0) is 26.0 Å². The van der Waals surface area contributed by atoms with Gasteiger partial charge in [-0.25, -0.2) is 10.0 Å². The first kappa shape index (κ1) is 14.0. The predicted octanol–water partition coefficient (Wildman–Crippen LogP) is 1.10. The van der Waals surface area contributed by atoms with Crippen LogP contribution in [0.25, 0.3) is 0 Å². The summed E-state index contributed by atoms with van der Waals surface area (Å²) in [4.78, 5) is 4.29. The quantitative estimate of drug-likeness (QED) is 0.617. The molecular formula is C13H17N5O2. The molecule has 1 heterocycles. The van der Waals surface area contributed by atoms with Crippen LogP contribution in [0.3, 0.4) is 0 Å². The molecule has 0 amide bonds. The summed E-state index contributed by atoms with van der Waals surface area (Å²) in [6.07, 6.45) is 0. The van der Waals surface area contributed by atoms with Crippen molar-refractivity contribution in [2.75, 3.05) is 12.3 Å². The number of phenols is 1. The summed E-state index contributed by atoms with van der Waals surface area (Å²) < 4.78 is 0. The fraction of sp³-hybridized carbons (Fsp3) is 0.308. The zero-order valence-electron chi connectivity index (χ0n) is 11.3. The van der Waals surface area contributed by atoms with Crippen LogP contribution in [0.15, 0.2) is 28.3 Å². The van der Waals surface area contributed by atoms with Crippen molar-refractivity contribution >= 4 is 28.6 Å². The third-order valence-electron chi connectivity index (χ3n) is 2.84. The molecule has 0 aliphatic carbocycles. The normalized spacial score (nSPS) is 17.2. The Kier molecular flexibility index (Phi) is 3.71. The number of aliphatic hydroxyl groups is 1. The number of hydrogen-bond donors (Lipinski definition) is 4. The fourth-order valence-corrected chi connectivity index (χ4v) is 1.83. The summed E-state index contributed by atoms with van der Waals surface area (Å²) in [5.74, 6) is 0.171. The van der Waals surface area contributed by atoms with Crippen LogP contribution >= 0.6 is 0 Å². The van der Waals surface area contributed by atoms with Crippen molar-refractivity contribution in [1.82, 2.24) is 5.01 Å². The lowest BCUT2D eigenvalue weighted by molar-refractivity contribution is 0.347. The molecule has 0 bridgehead atoms. The highest BCUT2D eigenvalue weighted by Crippen LogP contribution is 2.27. The number of nitrogens with zero attached hydrogens (tertiary/aromatic N) is 3. The van der Waals surface area contributed by atoms with E-state index in [4.69, 9.17) is 11.1 Å². The number of anilines is 1. The molecule has 7 heteroatoms. The Bertz CT molecular complexity index is 607. The second-order valence-corrected chi connectivity index (χ2v) is 4.70. The van der Waals surface area contributed by atoms with Gasteiger partial charge in [-0.2, -0.15) is 5.10 Å². The van der Waals surface area contributed by atoms with Crippen LogP contribution in [0.2, 0.25) is 0 Å². The van der Waals surface area contributed by atoms with Crippen LogP contribution in [0.4, 0.5) is 11.4 Å². The van der Waals surface area contributed by atoms with E-state index in [-0.39, 0.29) is 24.2 Å². The van der Waals surface area contributed by atoms with Gasteiger partial charge in [-0.3, -0.25) is 5.41 Å². The van der Waals surface area contributed by atoms with Gasteiger partial charge in [0, 0.05) is 12.1 Å². The molecule has 0 atom stereocenters. The minimum Gasteiger partial charge on any atom is -0.508 e. The molecular weight excluding hydrogens is 258 g/mol. The van der Waals surface area contributed by atoms with Crippen LogP contribution < -0.4 is 5.73 Å². The first-order valence-corrected chi connectivity index (χ1v) is 6.18. The molecule has 2 rings (SSSR count). The first-order valence-electron chi connectivity index (χ1n) is 6.18. The Morgan fingerprint density at radius 2 is 2.15 bits per heavy atom. The van der Waals surface area contributed by atoms with E-state index in [2.05, 4.69) is 10.1 Å². The molecule has 20 heavy (non-hydrogen) atoms. The highest BCUT2D eigenvalue weighted by atomic mass is 16.3. The van der Waals surface area contributed by atoms with Crippen molar-refractivity contribution in [1.29, 1.82) is 5.41 Å². The molecule has 1 aliphatic rings. The molecule has 1 aliphatic heterocycles. The van der Waals surface area contributed by atoms with Gasteiger partial charge in [0.15, 0.2) is 5.84 Å². The molecule has 0 spiro atoms. The summed E-state index contributed by atoms with van der Waals surface area (Å²) in [5, 5.41) is 32.4.